The minimum atomic E-state index is -3.60. The lowest BCUT2D eigenvalue weighted by Gasteiger charge is -2.15. The smallest absolute Gasteiger partial charge is 0.241 e. The van der Waals surface area contributed by atoms with Gasteiger partial charge in [-0.3, -0.25) is 0 Å². The van der Waals surface area contributed by atoms with E-state index in [4.69, 9.17) is 11.6 Å². The fourth-order valence-corrected chi connectivity index (χ4v) is 3.51. The Balaban J connectivity index is 3.28. The summed E-state index contributed by atoms with van der Waals surface area (Å²) in [6, 6.07) is 2.82. The summed E-state index contributed by atoms with van der Waals surface area (Å²) in [6.07, 6.45) is 0.700. The van der Waals surface area contributed by atoms with Gasteiger partial charge in [0, 0.05) is 11.1 Å². The van der Waals surface area contributed by atoms with Crippen LogP contribution in [0.1, 0.15) is 31.4 Å². The normalized spacial score (nSPS) is 13.6. The Bertz CT molecular complexity index is 528. The summed E-state index contributed by atoms with van der Waals surface area (Å²) >= 11 is 5.87. The first-order valence-electron chi connectivity index (χ1n) is 5.74. The number of benzene rings is 1. The van der Waals surface area contributed by atoms with Crippen LogP contribution in [0.5, 0.6) is 0 Å². The Labute approximate surface area is 113 Å². The Morgan fingerprint density at radius 2 is 2.06 bits per heavy atom. The van der Waals surface area contributed by atoms with Crippen molar-refractivity contribution in [3.05, 3.63) is 28.3 Å². The van der Waals surface area contributed by atoms with Crippen molar-refractivity contribution < 1.29 is 13.5 Å². The van der Waals surface area contributed by atoms with Gasteiger partial charge in [0.25, 0.3) is 0 Å². The maximum Gasteiger partial charge on any atom is 0.241 e. The molecule has 1 unspecified atom stereocenters. The number of nitrogens with one attached hydrogen (secondary N) is 1. The van der Waals surface area contributed by atoms with Gasteiger partial charge in [0.1, 0.15) is 0 Å². The van der Waals surface area contributed by atoms with E-state index in [1.54, 1.807) is 19.9 Å². The molecule has 0 fully saturated rings. The Morgan fingerprint density at radius 1 is 1.44 bits per heavy atom. The number of halogens is 1. The van der Waals surface area contributed by atoms with E-state index in [-0.39, 0.29) is 17.5 Å². The first-order valence-corrected chi connectivity index (χ1v) is 7.60. The topological polar surface area (TPSA) is 66.4 Å². The van der Waals surface area contributed by atoms with E-state index in [0.29, 0.717) is 22.6 Å². The van der Waals surface area contributed by atoms with Crippen LogP contribution >= 0.6 is 11.6 Å². The molecular formula is C12H18ClNO3S. The average Bonchev–Trinajstić information content (AvgIpc) is 2.30. The molecule has 1 atom stereocenters. The second-order valence-electron chi connectivity index (χ2n) is 4.28. The van der Waals surface area contributed by atoms with Crippen LogP contribution < -0.4 is 4.72 Å². The first kappa shape index (κ1) is 15.4. The first-order chi connectivity index (χ1) is 8.31. The van der Waals surface area contributed by atoms with Gasteiger partial charge in [-0.15, -0.1) is 0 Å². The van der Waals surface area contributed by atoms with Crippen molar-refractivity contribution in [2.45, 2.75) is 44.7 Å². The summed E-state index contributed by atoms with van der Waals surface area (Å²) in [7, 11) is -3.60. The maximum atomic E-state index is 12.2. The van der Waals surface area contributed by atoms with Gasteiger partial charge >= 0.3 is 0 Å². The van der Waals surface area contributed by atoms with Crippen LogP contribution in [0.2, 0.25) is 5.02 Å². The SMILES string of the molecule is CCC(C)NS(=O)(=O)c1cc(Cl)cc(CO)c1C. The molecule has 0 aliphatic rings. The molecule has 1 aromatic rings. The molecule has 0 aliphatic carbocycles. The zero-order chi connectivity index (χ0) is 13.9. The summed E-state index contributed by atoms with van der Waals surface area (Å²) in [5.74, 6) is 0. The van der Waals surface area contributed by atoms with E-state index in [9.17, 15) is 13.5 Å². The minimum Gasteiger partial charge on any atom is -0.392 e. The van der Waals surface area contributed by atoms with Gasteiger partial charge in [-0.25, -0.2) is 13.1 Å². The summed E-state index contributed by atoms with van der Waals surface area (Å²) in [6.45, 7) is 5.12. The number of aliphatic hydroxyl groups is 1. The quantitative estimate of drug-likeness (QED) is 0.874. The fourth-order valence-electron chi connectivity index (χ4n) is 1.56. The number of aliphatic hydroxyl groups excluding tert-OH is 1. The molecule has 4 nitrogen and oxygen atoms in total. The monoisotopic (exact) mass is 291 g/mol. The van der Waals surface area contributed by atoms with Crippen LogP contribution in [0.25, 0.3) is 0 Å². The summed E-state index contributed by atoms with van der Waals surface area (Å²) in [5.41, 5.74) is 1.05. The largest absolute Gasteiger partial charge is 0.392 e. The molecule has 0 aromatic heterocycles. The van der Waals surface area contributed by atoms with Crippen molar-refractivity contribution in [3.63, 3.8) is 0 Å². The molecule has 0 saturated heterocycles. The van der Waals surface area contributed by atoms with Crippen LogP contribution in [-0.2, 0) is 16.6 Å². The van der Waals surface area contributed by atoms with Crippen molar-refractivity contribution in [1.29, 1.82) is 0 Å². The van der Waals surface area contributed by atoms with Gasteiger partial charge in [0.05, 0.1) is 11.5 Å². The van der Waals surface area contributed by atoms with E-state index >= 15 is 0 Å². The Kier molecular flexibility index (Phi) is 5.16. The fraction of sp³-hybridized carbons (Fsp3) is 0.500. The third-order valence-corrected chi connectivity index (χ3v) is 4.79. The van der Waals surface area contributed by atoms with Crippen molar-refractivity contribution >= 4 is 21.6 Å². The standard InChI is InChI=1S/C12H18ClNO3S/c1-4-8(2)14-18(16,17)12-6-11(13)5-10(7-15)9(12)3/h5-6,8,14-15H,4,7H2,1-3H3. The Morgan fingerprint density at radius 3 is 2.56 bits per heavy atom. The van der Waals surface area contributed by atoms with Crippen LogP contribution in [0.15, 0.2) is 17.0 Å². The molecule has 0 bridgehead atoms. The van der Waals surface area contributed by atoms with Crippen molar-refractivity contribution in [2.75, 3.05) is 0 Å². The number of sulfonamides is 1. The molecule has 18 heavy (non-hydrogen) atoms. The van der Waals surface area contributed by atoms with Crippen LogP contribution in [-0.4, -0.2) is 19.6 Å². The lowest BCUT2D eigenvalue weighted by atomic mass is 10.1. The zero-order valence-corrected chi connectivity index (χ0v) is 12.3. The molecule has 0 heterocycles. The minimum absolute atomic E-state index is 0.124. The molecule has 102 valence electrons. The second-order valence-corrected chi connectivity index (χ2v) is 6.40. The molecule has 0 aliphatic heterocycles. The van der Waals surface area contributed by atoms with Gasteiger partial charge in [0.2, 0.25) is 10.0 Å². The molecule has 0 spiro atoms. The summed E-state index contributed by atoms with van der Waals surface area (Å²) in [5, 5.41) is 9.49. The highest BCUT2D eigenvalue weighted by molar-refractivity contribution is 7.89. The van der Waals surface area contributed by atoms with E-state index in [2.05, 4.69) is 4.72 Å². The van der Waals surface area contributed by atoms with Gasteiger partial charge in [-0.05, 0) is 43.5 Å². The molecule has 0 radical (unpaired) electrons. The van der Waals surface area contributed by atoms with Gasteiger partial charge in [-0.1, -0.05) is 18.5 Å². The number of hydrogen-bond acceptors (Lipinski definition) is 3. The van der Waals surface area contributed by atoms with E-state index < -0.39 is 10.0 Å². The van der Waals surface area contributed by atoms with Crippen molar-refractivity contribution in [3.8, 4) is 0 Å². The number of hydrogen-bond donors (Lipinski definition) is 2. The highest BCUT2D eigenvalue weighted by Gasteiger charge is 2.21. The van der Waals surface area contributed by atoms with Gasteiger partial charge < -0.3 is 5.11 Å². The average molecular weight is 292 g/mol. The van der Waals surface area contributed by atoms with E-state index in [1.807, 2.05) is 6.92 Å². The maximum absolute atomic E-state index is 12.2. The van der Waals surface area contributed by atoms with E-state index in [0.717, 1.165) is 0 Å². The molecule has 1 rings (SSSR count). The van der Waals surface area contributed by atoms with Gasteiger partial charge in [-0.2, -0.15) is 0 Å². The second kappa shape index (κ2) is 6.02. The van der Waals surface area contributed by atoms with Crippen LogP contribution in [0.3, 0.4) is 0 Å². The van der Waals surface area contributed by atoms with Crippen LogP contribution in [0.4, 0.5) is 0 Å². The molecule has 0 saturated carbocycles. The van der Waals surface area contributed by atoms with Crippen molar-refractivity contribution in [2.24, 2.45) is 0 Å². The summed E-state index contributed by atoms with van der Waals surface area (Å²) < 4.78 is 27.0. The highest BCUT2D eigenvalue weighted by Crippen LogP contribution is 2.24. The lowest BCUT2D eigenvalue weighted by Crippen LogP contribution is -2.32. The molecule has 2 N–H and O–H groups in total. The van der Waals surface area contributed by atoms with E-state index in [1.165, 1.54) is 6.07 Å². The van der Waals surface area contributed by atoms with Crippen LogP contribution in [0, 0.1) is 6.92 Å². The summed E-state index contributed by atoms with van der Waals surface area (Å²) in [4.78, 5) is 0.124. The molecular weight excluding hydrogens is 274 g/mol. The highest BCUT2D eigenvalue weighted by atomic mass is 35.5. The molecule has 6 heteroatoms. The predicted molar refractivity (Wildman–Crippen MR) is 72.2 cm³/mol. The Hall–Kier alpha value is -0.620. The molecule has 1 aromatic carbocycles. The number of rotatable bonds is 5. The third-order valence-electron chi connectivity index (χ3n) is 2.86. The van der Waals surface area contributed by atoms with Crippen molar-refractivity contribution in [1.82, 2.24) is 4.72 Å². The lowest BCUT2D eigenvalue weighted by molar-refractivity contribution is 0.280. The van der Waals surface area contributed by atoms with Gasteiger partial charge in [0.15, 0.2) is 0 Å². The third kappa shape index (κ3) is 3.45. The zero-order valence-electron chi connectivity index (χ0n) is 10.7. The molecule has 0 amide bonds. The predicted octanol–water partition coefficient (Wildman–Crippen LogP) is 2.22.